The number of ether oxygens (including phenoxy) is 1. The summed E-state index contributed by atoms with van der Waals surface area (Å²) in [6.45, 7) is 6.58. The molecule has 3 heterocycles. The Morgan fingerprint density at radius 3 is 2.89 bits per heavy atom. The average molecular weight is 388 g/mol. The second kappa shape index (κ2) is 8.32. The molecule has 1 aromatic heterocycles. The molecule has 0 bridgehead atoms. The second-order valence-corrected chi connectivity index (χ2v) is 7.44. The molecule has 2 atom stereocenters. The topological polar surface area (TPSA) is 76.4 Å². The first-order valence-electron chi connectivity index (χ1n) is 9.75. The normalized spacial score (nSPS) is 22.9. The van der Waals surface area contributed by atoms with E-state index in [1.54, 1.807) is 12.1 Å². The number of amides is 1. The molecule has 0 aliphatic carbocycles. The Morgan fingerprint density at radius 1 is 1.25 bits per heavy atom. The van der Waals surface area contributed by atoms with Gasteiger partial charge in [-0.1, -0.05) is 0 Å². The Balaban J connectivity index is 1.25. The number of fused-ring (bicyclic) bond motifs is 1. The van der Waals surface area contributed by atoms with Crippen molar-refractivity contribution in [1.82, 2.24) is 30.0 Å². The summed E-state index contributed by atoms with van der Waals surface area (Å²) in [5.41, 5.74) is 0.713. The average Bonchev–Trinajstić information content (AvgIpc) is 3.17. The van der Waals surface area contributed by atoms with Crippen LogP contribution in [-0.4, -0.2) is 80.8 Å². The molecule has 9 heteroatoms. The van der Waals surface area contributed by atoms with Crippen LogP contribution < -0.4 is 0 Å². The summed E-state index contributed by atoms with van der Waals surface area (Å²) >= 11 is 0. The first-order valence-corrected chi connectivity index (χ1v) is 9.75. The number of nitrogens with zero attached hydrogens (tertiary/aromatic N) is 6. The maximum atomic E-state index is 13.0. The second-order valence-electron chi connectivity index (χ2n) is 7.44. The molecule has 2 saturated heterocycles. The highest BCUT2D eigenvalue weighted by atomic mass is 19.1. The number of tetrazole rings is 1. The van der Waals surface area contributed by atoms with Crippen LogP contribution in [0.2, 0.25) is 0 Å². The molecule has 2 aliphatic heterocycles. The Labute approximate surface area is 163 Å². The summed E-state index contributed by atoms with van der Waals surface area (Å²) in [6.07, 6.45) is 1.10. The molecule has 28 heavy (non-hydrogen) atoms. The molecule has 0 N–H and O–H groups in total. The third-order valence-corrected chi connectivity index (χ3v) is 5.42. The lowest BCUT2D eigenvalue weighted by molar-refractivity contribution is -0.139. The number of morpholine rings is 1. The van der Waals surface area contributed by atoms with E-state index in [1.165, 1.54) is 16.9 Å². The molecule has 0 unspecified atom stereocenters. The fourth-order valence-electron chi connectivity index (χ4n) is 3.88. The van der Waals surface area contributed by atoms with Crippen molar-refractivity contribution in [3.8, 4) is 11.4 Å². The Bertz CT molecular complexity index is 811. The van der Waals surface area contributed by atoms with E-state index >= 15 is 0 Å². The molecular formula is C19H25FN6O2. The van der Waals surface area contributed by atoms with E-state index in [9.17, 15) is 9.18 Å². The van der Waals surface area contributed by atoms with Crippen LogP contribution in [-0.2, 0) is 16.1 Å². The minimum absolute atomic E-state index is 0.164. The van der Waals surface area contributed by atoms with Crippen molar-refractivity contribution >= 4 is 5.91 Å². The number of hydrogen-bond acceptors (Lipinski definition) is 6. The molecule has 1 aromatic carbocycles. The Morgan fingerprint density at radius 2 is 2.07 bits per heavy atom. The van der Waals surface area contributed by atoms with Crippen LogP contribution in [0.15, 0.2) is 24.3 Å². The van der Waals surface area contributed by atoms with Crippen molar-refractivity contribution in [2.75, 3.05) is 32.8 Å². The van der Waals surface area contributed by atoms with Crippen LogP contribution in [0.25, 0.3) is 11.4 Å². The van der Waals surface area contributed by atoms with Crippen LogP contribution in [0.4, 0.5) is 4.39 Å². The van der Waals surface area contributed by atoms with Gasteiger partial charge in [-0.2, -0.15) is 4.80 Å². The minimum Gasteiger partial charge on any atom is -0.378 e. The molecular weight excluding hydrogens is 363 g/mol. The number of carbonyl (C=O) groups excluding carboxylic acids is 1. The van der Waals surface area contributed by atoms with Gasteiger partial charge in [-0.15, -0.1) is 10.2 Å². The highest BCUT2D eigenvalue weighted by Crippen LogP contribution is 2.19. The van der Waals surface area contributed by atoms with Gasteiger partial charge in [0.05, 0.1) is 25.8 Å². The van der Waals surface area contributed by atoms with Gasteiger partial charge in [0.2, 0.25) is 11.7 Å². The van der Waals surface area contributed by atoms with Crippen molar-refractivity contribution in [2.45, 2.75) is 38.4 Å². The predicted molar refractivity (Wildman–Crippen MR) is 99.8 cm³/mol. The van der Waals surface area contributed by atoms with Gasteiger partial charge >= 0.3 is 0 Å². The van der Waals surface area contributed by atoms with Crippen LogP contribution in [0.3, 0.4) is 0 Å². The Hall–Kier alpha value is -2.39. The molecule has 0 radical (unpaired) electrons. The zero-order chi connectivity index (χ0) is 19.5. The van der Waals surface area contributed by atoms with E-state index in [2.05, 4.69) is 27.2 Å². The van der Waals surface area contributed by atoms with E-state index in [-0.39, 0.29) is 11.7 Å². The van der Waals surface area contributed by atoms with Gasteiger partial charge in [0.1, 0.15) is 5.82 Å². The molecule has 2 aliphatic rings. The first kappa shape index (κ1) is 18.9. The smallest absolute Gasteiger partial charge is 0.222 e. The number of rotatable bonds is 5. The number of hydrogen-bond donors (Lipinski definition) is 0. The van der Waals surface area contributed by atoms with Crippen molar-refractivity contribution in [3.05, 3.63) is 30.1 Å². The number of aryl methyl sites for hydroxylation is 1. The van der Waals surface area contributed by atoms with Crippen molar-refractivity contribution < 1.29 is 13.9 Å². The Kier molecular flexibility index (Phi) is 5.63. The summed E-state index contributed by atoms with van der Waals surface area (Å²) in [6, 6.07) is 6.70. The van der Waals surface area contributed by atoms with E-state index < -0.39 is 0 Å². The monoisotopic (exact) mass is 388 g/mol. The first-order chi connectivity index (χ1) is 13.6. The maximum absolute atomic E-state index is 13.0. The lowest BCUT2D eigenvalue weighted by atomic mass is 10.1. The molecule has 1 amide bonds. The summed E-state index contributed by atoms with van der Waals surface area (Å²) in [4.78, 5) is 18.4. The van der Waals surface area contributed by atoms with Crippen LogP contribution in [0, 0.1) is 5.82 Å². The van der Waals surface area contributed by atoms with Gasteiger partial charge in [0, 0.05) is 37.7 Å². The lowest BCUT2D eigenvalue weighted by Gasteiger charge is -2.47. The van der Waals surface area contributed by atoms with Crippen LogP contribution in [0.1, 0.15) is 19.8 Å². The van der Waals surface area contributed by atoms with Crippen LogP contribution in [0.5, 0.6) is 0 Å². The zero-order valence-corrected chi connectivity index (χ0v) is 16.0. The van der Waals surface area contributed by atoms with Gasteiger partial charge < -0.3 is 9.64 Å². The van der Waals surface area contributed by atoms with E-state index in [1.807, 2.05) is 4.90 Å². The molecule has 2 fully saturated rings. The zero-order valence-electron chi connectivity index (χ0n) is 16.0. The fourth-order valence-corrected chi connectivity index (χ4v) is 3.88. The molecule has 4 rings (SSSR count). The highest BCUT2D eigenvalue weighted by molar-refractivity contribution is 5.76. The van der Waals surface area contributed by atoms with E-state index in [4.69, 9.17) is 4.74 Å². The fraction of sp³-hybridized carbons (Fsp3) is 0.579. The van der Waals surface area contributed by atoms with Crippen LogP contribution >= 0.6 is 0 Å². The molecule has 0 spiro atoms. The maximum Gasteiger partial charge on any atom is 0.222 e. The van der Waals surface area contributed by atoms with Crippen molar-refractivity contribution in [1.29, 1.82) is 0 Å². The van der Waals surface area contributed by atoms with E-state index in [0.29, 0.717) is 49.5 Å². The minimum atomic E-state index is -0.301. The lowest BCUT2D eigenvalue weighted by Crippen LogP contribution is -2.62. The van der Waals surface area contributed by atoms with E-state index in [0.717, 1.165) is 26.2 Å². The number of benzene rings is 1. The molecule has 2 aromatic rings. The summed E-state index contributed by atoms with van der Waals surface area (Å²) in [5, 5.41) is 12.3. The summed E-state index contributed by atoms with van der Waals surface area (Å²) in [7, 11) is 0. The molecule has 0 saturated carbocycles. The number of carbonyl (C=O) groups is 1. The largest absolute Gasteiger partial charge is 0.378 e. The third-order valence-electron chi connectivity index (χ3n) is 5.42. The highest BCUT2D eigenvalue weighted by Gasteiger charge is 2.34. The third kappa shape index (κ3) is 4.20. The molecule has 8 nitrogen and oxygen atoms in total. The predicted octanol–water partition coefficient (Wildman–Crippen LogP) is 1.19. The molecule has 150 valence electrons. The van der Waals surface area contributed by atoms with Crippen molar-refractivity contribution in [3.63, 3.8) is 0 Å². The number of aromatic nitrogens is 4. The van der Waals surface area contributed by atoms with Crippen molar-refractivity contribution in [2.24, 2.45) is 0 Å². The van der Waals surface area contributed by atoms with Gasteiger partial charge in [-0.3, -0.25) is 9.69 Å². The SMILES string of the molecule is C[C@H]1COC[C@H]2CN(C(=O)CCCn3nnc(-c4ccc(F)cc4)n3)CCN21. The standard InChI is InChI=1S/C19H25FN6O2/c1-14-12-28-13-17-11-24(9-10-25(14)17)18(27)3-2-8-26-22-19(21-23-26)15-4-6-16(20)7-5-15/h4-7,14,17H,2-3,8-13H2,1H3/t14-,17+/m0/s1. The van der Waals surface area contributed by atoms with Gasteiger partial charge in [0.25, 0.3) is 0 Å². The number of piperazine rings is 1. The number of halogens is 1. The van der Waals surface area contributed by atoms with Gasteiger partial charge in [-0.25, -0.2) is 4.39 Å². The van der Waals surface area contributed by atoms with Gasteiger partial charge in [-0.05, 0) is 42.8 Å². The quantitative estimate of drug-likeness (QED) is 0.766. The summed E-state index contributed by atoms with van der Waals surface area (Å²) < 4.78 is 18.6. The summed E-state index contributed by atoms with van der Waals surface area (Å²) in [5.74, 6) is 0.315. The van der Waals surface area contributed by atoms with Gasteiger partial charge in [0.15, 0.2) is 0 Å².